The first kappa shape index (κ1) is 8.96. The second-order valence-electron chi connectivity index (χ2n) is 3.38. The van der Waals surface area contributed by atoms with Crippen LogP contribution in [0.1, 0.15) is 5.76 Å². The van der Waals surface area contributed by atoms with Crippen molar-refractivity contribution >= 4 is 11.5 Å². The lowest BCUT2D eigenvalue weighted by atomic mass is 10.4. The maximum absolute atomic E-state index is 5.22. The fourth-order valence-electron chi connectivity index (χ4n) is 1.50. The zero-order valence-electron chi connectivity index (χ0n) is 8.50. The van der Waals surface area contributed by atoms with Crippen LogP contribution < -0.4 is 5.32 Å². The Morgan fingerprint density at radius 1 is 1.31 bits per heavy atom. The zero-order valence-corrected chi connectivity index (χ0v) is 8.50. The fraction of sp³-hybridized carbons (Fsp3) is 0.0909. The average molecular weight is 214 g/mol. The van der Waals surface area contributed by atoms with Crippen molar-refractivity contribution in [1.29, 1.82) is 0 Å². The number of aromatic nitrogens is 3. The van der Waals surface area contributed by atoms with Gasteiger partial charge >= 0.3 is 0 Å². The molecule has 3 aromatic heterocycles. The summed E-state index contributed by atoms with van der Waals surface area (Å²) in [6.07, 6.45) is 5.25. The van der Waals surface area contributed by atoms with E-state index in [0.717, 1.165) is 17.2 Å². The minimum Gasteiger partial charge on any atom is -0.467 e. The van der Waals surface area contributed by atoms with E-state index in [1.807, 2.05) is 30.5 Å². The van der Waals surface area contributed by atoms with Crippen LogP contribution in [0.3, 0.4) is 0 Å². The van der Waals surface area contributed by atoms with Crippen molar-refractivity contribution in [2.75, 3.05) is 5.32 Å². The standard InChI is InChI=1S/C11H10N4O/c1-2-9(16-7-1)8-12-10-4-6-15-11(14-10)3-5-13-15/h1-7H,8H2,(H,12,14). The Balaban J connectivity index is 1.78. The molecule has 0 aliphatic rings. The van der Waals surface area contributed by atoms with Gasteiger partial charge in [-0.1, -0.05) is 0 Å². The fourth-order valence-corrected chi connectivity index (χ4v) is 1.50. The molecule has 5 nitrogen and oxygen atoms in total. The smallest absolute Gasteiger partial charge is 0.157 e. The van der Waals surface area contributed by atoms with Gasteiger partial charge in [-0.25, -0.2) is 9.50 Å². The van der Waals surface area contributed by atoms with Crippen LogP contribution >= 0.6 is 0 Å². The number of hydrogen-bond donors (Lipinski definition) is 1. The molecule has 80 valence electrons. The predicted octanol–water partition coefficient (Wildman–Crippen LogP) is 1.93. The van der Waals surface area contributed by atoms with Gasteiger partial charge in [0, 0.05) is 12.3 Å². The molecule has 1 N–H and O–H groups in total. The monoisotopic (exact) mass is 214 g/mol. The first-order valence-corrected chi connectivity index (χ1v) is 4.98. The molecule has 0 aliphatic carbocycles. The molecule has 0 spiro atoms. The van der Waals surface area contributed by atoms with Crippen LogP contribution in [0, 0.1) is 0 Å². The van der Waals surface area contributed by atoms with Crippen LogP contribution in [-0.2, 0) is 6.54 Å². The molecule has 0 aromatic carbocycles. The third-order valence-corrected chi connectivity index (χ3v) is 2.28. The number of nitrogens with zero attached hydrogens (tertiary/aromatic N) is 3. The van der Waals surface area contributed by atoms with E-state index in [4.69, 9.17) is 4.42 Å². The average Bonchev–Trinajstić information content (AvgIpc) is 2.97. The van der Waals surface area contributed by atoms with Crippen LogP contribution in [-0.4, -0.2) is 14.6 Å². The van der Waals surface area contributed by atoms with Crippen LogP contribution in [0.5, 0.6) is 0 Å². The number of nitrogens with one attached hydrogen (secondary N) is 1. The molecular weight excluding hydrogens is 204 g/mol. The Labute approximate surface area is 91.7 Å². The molecule has 0 fully saturated rings. The van der Waals surface area contributed by atoms with E-state index in [9.17, 15) is 0 Å². The Morgan fingerprint density at radius 2 is 2.31 bits per heavy atom. The molecule has 5 heteroatoms. The SMILES string of the molecule is c1coc(CNc2ccn3nccc3n2)c1. The third kappa shape index (κ3) is 1.63. The molecule has 0 bridgehead atoms. The molecule has 16 heavy (non-hydrogen) atoms. The predicted molar refractivity (Wildman–Crippen MR) is 59.0 cm³/mol. The highest BCUT2D eigenvalue weighted by Gasteiger charge is 1.99. The van der Waals surface area contributed by atoms with Gasteiger partial charge in [0.1, 0.15) is 11.6 Å². The van der Waals surface area contributed by atoms with Crippen LogP contribution in [0.25, 0.3) is 5.65 Å². The number of fused-ring (bicyclic) bond motifs is 1. The van der Waals surface area contributed by atoms with Crippen LogP contribution in [0.4, 0.5) is 5.82 Å². The first-order valence-electron chi connectivity index (χ1n) is 4.98. The van der Waals surface area contributed by atoms with Crippen molar-refractivity contribution in [3.8, 4) is 0 Å². The Kier molecular flexibility index (Phi) is 2.07. The first-order chi connectivity index (χ1) is 7.92. The van der Waals surface area contributed by atoms with Crippen molar-refractivity contribution in [2.45, 2.75) is 6.54 Å². The second kappa shape index (κ2) is 3.69. The van der Waals surface area contributed by atoms with Crippen LogP contribution in [0.15, 0.2) is 47.3 Å². The van der Waals surface area contributed by atoms with E-state index in [1.54, 1.807) is 17.0 Å². The van der Waals surface area contributed by atoms with Gasteiger partial charge in [0.25, 0.3) is 0 Å². The Morgan fingerprint density at radius 3 is 3.19 bits per heavy atom. The lowest BCUT2D eigenvalue weighted by Crippen LogP contribution is -2.01. The molecule has 0 saturated heterocycles. The van der Waals surface area contributed by atoms with Gasteiger partial charge < -0.3 is 9.73 Å². The summed E-state index contributed by atoms with van der Waals surface area (Å²) < 4.78 is 6.94. The van der Waals surface area contributed by atoms with E-state index in [2.05, 4.69) is 15.4 Å². The molecular formula is C11H10N4O. The van der Waals surface area contributed by atoms with Gasteiger partial charge in [0.15, 0.2) is 5.65 Å². The third-order valence-electron chi connectivity index (χ3n) is 2.28. The molecule has 0 unspecified atom stereocenters. The summed E-state index contributed by atoms with van der Waals surface area (Å²) in [7, 11) is 0. The highest BCUT2D eigenvalue weighted by Crippen LogP contribution is 2.08. The van der Waals surface area contributed by atoms with Crippen molar-refractivity contribution in [3.63, 3.8) is 0 Å². The number of furan rings is 1. The lowest BCUT2D eigenvalue weighted by Gasteiger charge is -2.03. The highest BCUT2D eigenvalue weighted by molar-refractivity contribution is 5.45. The summed E-state index contributed by atoms with van der Waals surface area (Å²) in [5.74, 6) is 1.69. The van der Waals surface area contributed by atoms with Crippen LogP contribution in [0.2, 0.25) is 0 Å². The van der Waals surface area contributed by atoms with Crippen molar-refractivity contribution < 1.29 is 4.42 Å². The lowest BCUT2D eigenvalue weighted by molar-refractivity contribution is 0.518. The second-order valence-corrected chi connectivity index (χ2v) is 3.38. The summed E-state index contributed by atoms with van der Waals surface area (Å²) in [6.45, 7) is 0.629. The summed E-state index contributed by atoms with van der Waals surface area (Å²) in [5.41, 5.74) is 0.824. The van der Waals surface area contributed by atoms with E-state index in [0.29, 0.717) is 6.54 Å². The zero-order chi connectivity index (χ0) is 10.8. The molecule has 3 rings (SSSR count). The summed E-state index contributed by atoms with van der Waals surface area (Å²) in [5, 5.41) is 7.26. The molecule has 0 saturated carbocycles. The molecule has 0 amide bonds. The molecule has 3 heterocycles. The minimum absolute atomic E-state index is 0.629. The van der Waals surface area contributed by atoms with E-state index in [-0.39, 0.29) is 0 Å². The molecule has 0 aliphatic heterocycles. The summed E-state index contributed by atoms with van der Waals surface area (Å²) >= 11 is 0. The van der Waals surface area contributed by atoms with Gasteiger partial charge in [-0.15, -0.1) is 0 Å². The van der Waals surface area contributed by atoms with Gasteiger partial charge in [0.2, 0.25) is 0 Å². The van der Waals surface area contributed by atoms with E-state index >= 15 is 0 Å². The van der Waals surface area contributed by atoms with Gasteiger partial charge in [-0.05, 0) is 18.2 Å². The van der Waals surface area contributed by atoms with Crippen molar-refractivity contribution in [2.24, 2.45) is 0 Å². The van der Waals surface area contributed by atoms with Gasteiger partial charge in [0.05, 0.1) is 19.0 Å². The van der Waals surface area contributed by atoms with Gasteiger partial charge in [-0.2, -0.15) is 5.10 Å². The quantitative estimate of drug-likeness (QED) is 0.723. The Hall–Kier alpha value is -2.30. The molecule has 0 radical (unpaired) electrons. The van der Waals surface area contributed by atoms with E-state index < -0.39 is 0 Å². The Bertz CT molecular complexity index is 585. The minimum atomic E-state index is 0.629. The summed E-state index contributed by atoms with van der Waals surface area (Å²) in [4.78, 5) is 4.38. The largest absolute Gasteiger partial charge is 0.467 e. The normalized spacial score (nSPS) is 10.8. The van der Waals surface area contributed by atoms with E-state index in [1.165, 1.54) is 0 Å². The molecule has 0 atom stereocenters. The van der Waals surface area contributed by atoms with Crippen molar-refractivity contribution in [3.05, 3.63) is 48.7 Å². The number of anilines is 1. The highest BCUT2D eigenvalue weighted by atomic mass is 16.3. The maximum Gasteiger partial charge on any atom is 0.157 e. The number of rotatable bonds is 3. The maximum atomic E-state index is 5.22. The summed E-state index contributed by atoms with van der Waals surface area (Å²) in [6, 6.07) is 7.52. The number of hydrogen-bond acceptors (Lipinski definition) is 4. The van der Waals surface area contributed by atoms with Crippen molar-refractivity contribution in [1.82, 2.24) is 14.6 Å². The van der Waals surface area contributed by atoms with Gasteiger partial charge in [-0.3, -0.25) is 0 Å². The topological polar surface area (TPSA) is 55.4 Å². The molecule has 3 aromatic rings.